The number of para-hydroxylation sites is 2. The molecule has 2 amide bonds. The van der Waals surface area contributed by atoms with Crippen molar-refractivity contribution in [2.45, 2.75) is 19.0 Å². The average Bonchev–Trinajstić information content (AvgIpc) is 3.32. The lowest BCUT2D eigenvalue weighted by molar-refractivity contribution is -0.598. The summed E-state index contributed by atoms with van der Waals surface area (Å²) >= 11 is 0. The molecule has 0 saturated carbocycles. The van der Waals surface area contributed by atoms with Gasteiger partial charge in [-0.1, -0.05) is 58.2 Å². The summed E-state index contributed by atoms with van der Waals surface area (Å²) in [5.74, 6) is -0.348. The Kier molecular flexibility index (Phi) is 6.16. The van der Waals surface area contributed by atoms with E-state index in [9.17, 15) is 9.59 Å². The van der Waals surface area contributed by atoms with Crippen LogP contribution in [0.3, 0.4) is 0 Å². The van der Waals surface area contributed by atoms with Crippen LogP contribution >= 0.6 is 0 Å². The largest absolute Gasteiger partial charge is 0.378 e. The van der Waals surface area contributed by atoms with Gasteiger partial charge in [0, 0.05) is 39.0 Å². The van der Waals surface area contributed by atoms with Crippen LogP contribution in [0.1, 0.15) is 12.5 Å². The van der Waals surface area contributed by atoms with E-state index in [1.165, 1.54) is 0 Å². The van der Waals surface area contributed by atoms with Gasteiger partial charge >= 0.3 is 5.91 Å². The van der Waals surface area contributed by atoms with Crippen LogP contribution in [-0.4, -0.2) is 66.0 Å². The molecule has 3 aromatic rings. The molecule has 1 fully saturated rings. The highest BCUT2D eigenvalue weighted by Crippen LogP contribution is 2.33. The van der Waals surface area contributed by atoms with Crippen LogP contribution in [0.25, 0.3) is 6.08 Å². The number of nitrogens with zero attached hydrogens (tertiary/aromatic N) is 5. The summed E-state index contributed by atoms with van der Waals surface area (Å²) in [6.07, 6.45) is 3.70. The van der Waals surface area contributed by atoms with Gasteiger partial charge in [0.1, 0.15) is 5.57 Å². The van der Waals surface area contributed by atoms with E-state index >= 15 is 0 Å². The van der Waals surface area contributed by atoms with Crippen LogP contribution in [0.2, 0.25) is 0 Å². The van der Waals surface area contributed by atoms with Crippen LogP contribution in [0.5, 0.6) is 0 Å². The van der Waals surface area contributed by atoms with Gasteiger partial charge in [-0.2, -0.15) is 0 Å². The van der Waals surface area contributed by atoms with Crippen LogP contribution in [0, 0.1) is 0 Å². The van der Waals surface area contributed by atoms with E-state index in [1.54, 1.807) is 10.0 Å². The molecule has 2 unspecified atom stereocenters. The van der Waals surface area contributed by atoms with Gasteiger partial charge < -0.3 is 4.90 Å². The first-order chi connectivity index (χ1) is 17.4. The maximum atomic E-state index is 13.9. The average molecular weight is 481 g/mol. The lowest BCUT2D eigenvalue weighted by atomic mass is 10.1. The molecule has 7 heteroatoms. The van der Waals surface area contributed by atoms with Crippen molar-refractivity contribution in [1.82, 2.24) is 10.0 Å². The van der Waals surface area contributed by atoms with Crippen LogP contribution in [-0.2, 0) is 9.59 Å². The Bertz CT molecular complexity index is 1330. The highest BCUT2D eigenvalue weighted by Gasteiger charge is 2.55. The molecule has 7 nitrogen and oxygen atoms in total. The third-order valence-corrected chi connectivity index (χ3v) is 6.79. The number of hydrogen-bond donors (Lipinski definition) is 0. The van der Waals surface area contributed by atoms with Gasteiger partial charge in [-0.3, -0.25) is 9.59 Å². The van der Waals surface area contributed by atoms with Crippen molar-refractivity contribution < 1.29 is 14.3 Å². The highest BCUT2D eigenvalue weighted by atomic mass is 16.2. The van der Waals surface area contributed by atoms with Crippen LogP contribution in [0.4, 0.5) is 17.1 Å². The lowest BCUT2D eigenvalue weighted by Gasteiger charge is -2.26. The third-order valence-electron chi connectivity index (χ3n) is 6.79. The topological polar surface area (TPSA) is 50.1 Å². The summed E-state index contributed by atoms with van der Waals surface area (Å²) in [6.45, 7) is 1.98. The molecule has 2 aliphatic heterocycles. The number of benzene rings is 3. The number of hydrazine groups is 2. The Labute approximate surface area is 211 Å². The molecule has 36 heavy (non-hydrogen) atoms. The second-order valence-corrected chi connectivity index (χ2v) is 9.29. The van der Waals surface area contributed by atoms with Gasteiger partial charge in [-0.15, -0.1) is 0 Å². The molecule has 0 bridgehead atoms. The fourth-order valence-electron chi connectivity index (χ4n) is 4.73. The second kappa shape index (κ2) is 9.43. The summed E-state index contributed by atoms with van der Waals surface area (Å²) in [5, 5.41) is 5.16. The maximum absolute atomic E-state index is 13.9. The standard InChI is InChI=1S/C29H30N5O2/c1-21-27(29(36)33(31(21)4)26-13-9-6-10-14-26)34-28(35)23(20-32(34)25-11-7-5-8-12-25)19-22-15-17-24(18-16-22)30(2)3/h5-21,27H,1-4H3/q+1. The molecule has 5 rings (SSSR count). The molecule has 2 aliphatic rings. The van der Waals surface area contributed by atoms with Crippen molar-refractivity contribution in [2.24, 2.45) is 0 Å². The molecular formula is C29H30N5O2+. The first-order valence-corrected chi connectivity index (χ1v) is 12.0. The van der Waals surface area contributed by atoms with E-state index < -0.39 is 6.04 Å². The first kappa shape index (κ1) is 23.5. The van der Waals surface area contributed by atoms with Crippen molar-refractivity contribution in [3.05, 3.63) is 96.1 Å². The van der Waals surface area contributed by atoms with Crippen molar-refractivity contribution >= 4 is 41.2 Å². The normalized spacial score (nSPS) is 21.4. The molecule has 1 saturated heterocycles. The zero-order valence-corrected chi connectivity index (χ0v) is 20.9. The molecule has 3 aromatic carbocycles. The van der Waals surface area contributed by atoms with E-state index in [0.717, 1.165) is 22.6 Å². The molecular weight excluding hydrogens is 450 g/mol. The fraction of sp³-hybridized carbons (Fsp3) is 0.207. The Hall–Kier alpha value is -4.23. The predicted molar refractivity (Wildman–Crippen MR) is 143 cm³/mol. The first-order valence-electron chi connectivity index (χ1n) is 12.0. The number of amides is 2. The number of hydrazone groups is 1. The quantitative estimate of drug-likeness (QED) is 0.410. The molecule has 0 aromatic heterocycles. The number of carbonyl (C=O) groups is 2. The molecule has 0 spiro atoms. The molecule has 0 N–H and O–H groups in total. The zero-order valence-electron chi connectivity index (χ0n) is 20.9. The van der Waals surface area contributed by atoms with Crippen LogP contribution < -0.4 is 9.91 Å². The number of carbonyl (C=O) groups excluding carboxylic acids is 2. The second-order valence-electron chi connectivity index (χ2n) is 9.29. The summed E-state index contributed by atoms with van der Waals surface area (Å²) < 4.78 is 1.81. The lowest BCUT2D eigenvalue weighted by Crippen LogP contribution is -2.50. The van der Waals surface area contributed by atoms with Crippen molar-refractivity contribution in [3.8, 4) is 0 Å². The van der Waals surface area contributed by atoms with Gasteiger partial charge in [0.15, 0.2) is 6.04 Å². The Balaban J connectivity index is 1.55. The molecule has 2 atom stereocenters. The maximum Gasteiger partial charge on any atom is 0.315 e. The molecule has 0 radical (unpaired) electrons. The smallest absolute Gasteiger partial charge is 0.315 e. The van der Waals surface area contributed by atoms with Gasteiger partial charge in [0.05, 0.1) is 11.7 Å². The van der Waals surface area contributed by atoms with E-state index in [-0.39, 0.29) is 17.9 Å². The minimum atomic E-state index is -0.693. The van der Waals surface area contributed by atoms with E-state index in [0.29, 0.717) is 5.57 Å². The Morgan fingerprint density at radius 3 is 2.08 bits per heavy atom. The molecule has 0 aliphatic carbocycles. The highest BCUT2D eigenvalue weighted by molar-refractivity contribution is 6.18. The van der Waals surface area contributed by atoms with Crippen molar-refractivity contribution in [3.63, 3.8) is 0 Å². The Morgan fingerprint density at radius 2 is 1.47 bits per heavy atom. The van der Waals surface area contributed by atoms with Gasteiger partial charge in [-0.25, -0.2) is 10.0 Å². The molecule has 182 valence electrons. The third kappa shape index (κ3) is 4.07. The van der Waals surface area contributed by atoms with Crippen LogP contribution in [0.15, 0.2) is 90.5 Å². The number of anilines is 2. The van der Waals surface area contributed by atoms with E-state index in [4.69, 9.17) is 0 Å². The van der Waals surface area contributed by atoms with Gasteiger partial charge in [-0.05, 0) is 42.8 Å². The number of hydrogen-bond acceptors (Lipinski definition) is 4. The van der Waals surface area contributed by atoms with Gasteiger partial charge in [0.2, 0.25) is 11.9 Å². The minimum Gasteiger partial charge on any atom is -0.378 e. The molecule has 2 heterocycles. The predicted octanol–water partition coefficient (Wildman–Crippen LogP) is 3.96. The summed E-state index contributed by atoms with van der Waals surface area (Å²) in [6, 6.07) is 26.3. The number of likely N-dealkylation sites (N-methyl/N-ethyl adjacent to an activating group) is 1. The summed E-state index contributed by atoms with van der Waals surface area (Å²) in [5.41, 5.74) is 4.12. The van der Waals surface area contributed by atoms with E-state index in [1.807, 2.05) is 140 Å². The SMILES string of the molecule is CC1C(N2C(=O)/C(=C/c3ccc(N(C)C)cc3)C=[N+]2c2ccccc2)C(=O)N(c2ccccc2)N1C. The minimum absolute atomic E-state index is 0.143. The number of rotatable bonds is 5. The van der Waals surface area contributed by atoms with E-state index in [2.05, 4.69) is 0 Å². The zero-order chi connectivity index (χ0) is 25.4. The van der Waals surface area contributed by atoms with Crippen molar-refractivity contribution in [1.29, 1.82) is 0 Å². The Morgan fingerprint density at radius 1 is 0.861 bits per heavy atom. The monoisotopic (exact) mass is 480 g/mol. The van der Waals surface area contributed by atoms with Gasteiger partial charge in [0.25, 0.3) is 5.91 Å². The fourth-order valence-corrected chi connectivity index (χ4v) is 4.73. The summed E-state index contributed by atoms with van der Waals surface area (Å²) in [7, 11) is 5.87. The summed E-state index contributed by atoms with van der Waals surface area (Å²) in [4.78, 5) is 29.7. The van der Waals surface area contributed by atoms with Crippen molar-refractivity contribution in [2.75, 3.05) is 31.1 Å².